The summed E-state index contributed by atoms with van der Waals surface area (Å²) in [5.74, 6) is -1.15. The van der Waals surface area contributed by atoms with Gasteiger partial charge in [-0.1, -0.05) is 0 Å². The maximum absolute atomic E-state index is 12.3. The van der Waals surface area contributed by atoms with Crippen LogP contribution in [0.5, 0.6) is 0 Å². The first kappa shape index (κ1) is 10.6. The summed E-state index contributed by atoms with van der Waals surface area (Å²) in [4.78, 5) is 14.1. The van der Waals surface area contributed by atoms with Crippen LogP contribution in [0.3, 0.4) is 0 Å². The van der Waals surface area contributed by atoms with E-state index in [1.807, 2.05) is 0 Å². The van der Waals surface area contributed by atoms with Crippen molar-refractivity contribution in [2.75, 3.05) is 0 Å². The Morgan fingerprint density at radius 3 is 2.43 bits per heavy atom. The number of carboxylic acid groups (broad SMARTS) is 1. The highest BCUT2D eigenvalue weighted by Gasteiger charge is 2.18. The van der Waals surface area contributed by atoms with Gasteiger partial charge in [0.2, 0.25) is 0 Å². The van der Waals surface area contributed by atoms with Gasteiger partial charge < -0.3 is 5.11 Å². The third kappa shape index (κ3) is 1.71. The minimum Gasteiger partial charge on any atom is -0.478 e. The average molecular weight is 201 g/mol. The van der Waals surface area contributed by atoms with Crippen LogP contribution in [0.25, 0.3) is 0 Å². The molecule has 0 aliphatic rings. The zero-order chi connectivity index (χ0) is 10.9. The average Bonchev–Trinajstić information content (AvgIpc) is 2.08. The molecule has 1 aromatic heterocycles. The molecule has 3 nitrogen and oxygen atoms in total. The minimum absolute atomic E-state index is 0.0353. The van der Waals surface area contributed by atoms with Crippen LogP contribution in [-0.2, 0) is 0 Å². The van der Waals surface area contributed by atoms with Crippen molar-refractivity contribution in [3.8, 4) is 0 Å². The molecule has 14 heavy (non-hydrogen) atoms. The zero-order valence-corrected chi connectivity index (χ0v) is 7.71. The van der Waals surface area contributed by atoms with Crippen molar-refractivity contribution in [3.05, 3.63) is 28.6 Å². The zero-order valence-electron chi connectivity index (χ0n) is 7.71. The fourth-order valence-corrected chi connectivity index (χ4v) is 1.16. The van der Waals surface area contributed by atoms with Gasteiger partial charge in [0.15, 0.2) is 0 Å². The van der Waals surface area contributed by atoms with Gasteiger partial charge in [0.05, 0.1) is 5.56 Å². The minimum atomic E-state index is -2.67. The van der Waals surface area contributed by atoms with E-state index >= 15 is 0 Å². The molecule has 0 bridgehead atoms. The van der Waals surface area contributed by atoms with E-state index in [0.29, 0.717) is 5.56 Å². The number of hydrogen-bond acceptors (Lipinski definition) is 2. The lowest BCUT2D eigenvalue weighted by Crippen LogP contribution is -2.06. The van der Waals surface area contributed by atoms with Gasteiger partial charge in [-0.3, -0.25) is 4.98 Å². The monoisotopic (exact) mass is 201 g/mol. The summed E-state index contributed by atoms with van der Waals surface area (Å²) >= 11 is 0. The van der Waals surface area contributed by atoms with Crippen LogP contribution >= 0.6 is 0 Å². The van der Waals surface area contributed by atoms with Crippen LogP contribution in [0.1, 0.15) is 33.6 Å². The van der Waals surface area contributed by atoms with Crippen molar-refractivity contribution in [2.45, 2.75) is 20.3 Å². The standard InChI is InChI=1S/C9H9F2NO2/c1-4-5(2)7(8(10)11)12-3-6(4)9(13)14/h3,8H,1-2H3,(H,13,14). The van der Waals surface area contributed by atoms with Crippen molar-refractivity contribution >= 4 is 5.97 Å². The predicted molar refractivity (Wildman–Crippen MR) is 45.6 cm³/mol. The molecule has 0 saturated heterocycles. The normalized spacial score (nSPS) is 10.6. The largest absolute Gasteiger partial charge is 0.478 e. The molecule has 1 aromatic rings. The second kappa shape index (κ2) is 3.69. The highest BCUT2D eigenvalue weighted by molar-refractivity contribution is 5.89. The molecule has 1 heterocycles. The third-order valence-electron chi connectivity index (χ3n) is 2.12. The molecular formula is C9H9F2NO2. The summed E-state index contributed by atoms with van der Waals surface area (Å²) in [6, 6.07) is 0. The Hall–Kier alpha value is -1.52. The van der Waals surface area contributed by atoms with Crippen LogP contribution in [0, 0.1) is 13.8 Å². The summed E-state index contributed by atoms with van der Waals surface area (Å²) in [6.07, 6.45) is -1.71. The molecule has 0 aliphatic carbocycles. The summed E-state index contributed by atoms with van der Waals surface area (Å²) in [5, 5.41) is 8.69. The van der Waals surface area contributed by atoms with Gasteiger partial charge in [-0.2, -0.15) is 0 Å². The molecule has 1 rings (SSSR count). The molecule has 76 valence electrons. The smallest absolute Gasteiger partial charge is 0.337 e. The molecule has 0 unspecified atom stereocenters. The Balaban J connectivity index is 3.33. The van der Waals surface area contributed by atoms with E-state index in [2.05, 4.69) is 4.98 Å². The number of halogens is 2. The Morgan fingerprint density at radius 1 is 1.43 bits per heavy atom. The lowest BCUT2D eigenvalue weighted by Gasteiger charge is -2.08. The Labute approximate surface area is 79.4 Å². The molecule has 1 N–H and O–H groups in total. The summed E-state index contributed by atoms with van der Waals surface area (Å²) in [5.41, 5.74) is 0.183. The van der Waals surface area contributed by atoms with Crippen LogP contribution in [0.2, 0.25) is 0 Å². The van der Waals surface area contributed by atoms with Crippen molar-refractivity contribution < 1.29 is 18.7 Å². The number of rotatable bonds is 2. The van der Waals surface area contributed by atoms with Crippen molar-refractivity contribution in [2.24, 2.45) is 0 Å². The van der Waals surface area contributed by atoms with Crippen molar-refractivity contribution in [1.82, 2.24) is 4.98 Å². The van der Waals surface area contributed by atoms with Gasteiger partial charge >= 0.3 is 5.97 Å². The summed E-state index contributed by atoms with van der Waals surface area (Å²) in [7, 11) is 0. The quantitative estimate of drug-likeness (QED) is 0.798. The van der Waals surface area contributed by atoms with Gasteiger partial charge in [-0.25, -0.2) is 13.6 Å². The summed E-state index contributed by atoms with van der Waals surface area (Å²) < 4.78 is 24.7. The molecule has 0 aromatic carbocycles. The molecule has 0 saturated carbocycles. The van der Waals surface area contributed by atoms with Gasteiger partial charge in [0.25, 0.3) is 6.43 Å². The predicted octanol–water partition coefficient (Wildman–Crippen LogP) is 2.33. The first-order chi connectivity index (χ1) is 6.45. The Morgan fingerprint density at radius 2 is 2.00 bits per heavy atom. The first-order valence-corrected chi connectivity index (χ1v) is 3.92. The highest BCUT2D eigenvalue weighted by Crippen LogP contribution is 2.23. The van der Waals surface area contributed by atoms with E-state index in [4.69, 9.17) is 5.11 Å². The van der Waals surface area contributed by atoms with Gasteiger partial charge in [0.1, 0.15) is 5.69 Å². The molecule has 0 amide bonds. The maximum atomic E-state index is 12.3. The van der Waals surface area contributed by atoms with Gasteiger partial charge in [-0.15, -0.1) is 0 Å². The van der Waals surface area contributed by atoms with E-state index in [0.717, 1.165) is 6.20 Å². The number of pyridine rings is 1. The molecule has 5 heteroatoms. The van der Waals surface area contributed by atoms with Crippen LogP contribution in [-0.4, -0.2) is 16.1 Å². The number of aromatic nitrogens is 1. The second-order valence-corrected chi connectivity index (χ2v) is 2.91. The van der Waals surface area contributed by atoms with E-state index in [1.54, 1.807) is 0 Å². The number of nitrogens with zero attached hydrogens (tertiary/aromatic N) is 1. The fraction of sp³-hybridized carbons (Fsp3) is 0.333. The van der Waals surface area contributed by atoms with E-state index in [-0.39, 0.29) is 16.8 Å². The topological polar surface area (TPSA) is 50.2 Å². The Bertz CT molecular complexity index is 377. The van der Waals surface area contributed by atoms with Gasteiger partial charge in [-0.05, 0) is 25.0 Å². The summed E-state index contributed by atoms with van der Waals surface area (Å²) in [6.45, 7) is 2.93. The van der Waals surface area contributed by atoms with Crippen LogP contribution in [0.15, 0.2) is 6.20 Å². The maximum Gasteiger partial charge on any atom is 0.337 e. The number of carboxylic acids is 1. The number of aromatic carboxylic acids is 1. The van der Waals surface area contributed by atoms with Crippen molar-refractivity contribution in [1.29, 1.82) is 0 Å². The van der Waals surface area contributed by atoms with Crippen LogP contribution < -0.4 is 0 Å². The molecular weight excluding hydrogens is 192 g/mol. The lowest BCUT2D eigenvalue weighted by atomic mass is 10.0. The molecule has 0 aliphatic heterocycles. The van der Waals surface area contributed by atoms with Gasteiger partial charge in [0, 0.05) is 6.20 Å². The lowest BCUT2D eigenvalue weighted by molar-refractivity contribution is 0.0694. The first-order valence-electron chi connectivity index (χ1n) is 3.92. The van der Waals surface area contributed by atoms with E-state index in [1.165, 1.54) is 13.8 Å². The van der Waals surface area contributed by atoms with E-state index < -0.39 is 12.4 Å². The van der Waals surface area contributed by atoms with E-state index in [9.17, 15) is 13.6 Å². The fourth-order valence-electron chi connectivity index (χ4n) is 1.16. The number of carbonyl (C=O) groups is 1. The number of hydrogen-bond donors (Lipinski definition) is 1. The number of alkyl halides is 2. The SMILES string of the molecule is Cc1c(C(=O)O)cnc(C(F)F)c1C. The molecule has 0 spiro atoms. The Kier molecular flexibility index (Phi) is 2.78. The van der Waals surface area contributed by atoms with Crippen LogP contribution in [0.4, 0.5) is 8.78 Å². The second-order valence-electron chi connectivity index (χ2n) is 2.91. The molecule has 0 radical (unpaired) electrons. The van der Waals surface area contributed by atoms with Crippen molar-refractivity contribution in [3.63, 3.8) is 0 Å². The highest BCUT2D eigenvalue weighted by atomic mass is 19.3. The molecule has 0 atom stereocenters. The third-order valence-corrected chi connectivity index (χ3v) is 2.12. The molecule has 0 fully saturated rings.